The highest BCUT2D eigenvalue weighted by Crippen LogP contribution is 2.41. The molecule has 4 nitrogen and oxygen atoms in total. The van der Waals surface area contributed by atoms with Crippen LogP contribution in [0.2, 0.25) is 0 Å². The van der Waals surface area contributed by atoms with E-state index >= 15 is 0 Å². The molecule has 3 unspecified atom stereocenters. The molecule has 0 bridgehead atoms. The largest absolute Gasteiger partial charge is 0.396 e. The molecular formula is C17H25FN2O2. The van der Waals surface area contributed by atoms with Crippen molar-refractivity contribution in [3.05, 3.63) is 35.6 Å². The van der Waals surface area contributed by atoms with Crippen molar-refractivity contribution >= 4 is 6.03 Å². The first-order valence-electron chi connectivity index (χ1n) is 8.05. The zero-order valence-corrected chi connectivity index (χ0v) is 13.0. The summed E-state index contributed by atoms with van der Waals surface area (Å²) >= 11 is 0. The van der Waals surface area contributed by atoms with Gasteiger partial charge in [-0.05, 0) is 36.8 Å². The van der Waals surface area contributed by atoms with Crippen molar-refractivity contribution < 1.29 is 14.3 Å². The van der Waals surface area contributed by atoms with E-state index < -0.39 is 0 Å². The van der Waals surface area contributed by atoms with Crippen LogP contribution < -0.4 is 10.6 Å². The van der Waals surface area contributed by atoms with Gasteiger partial charge in [0.05, 0.1) is 0 Å². The van der Waals surface area contributed by atoms with Crippen LogP contribution in [0.3, 0.4) is 0 Å². The van der Waals surface area contributed by atoms with Crippen molar-refractivity contribution in [2.24, 2.45) is 5.92 Å². The smallest absolute Gasteiger partial charge is 0.315 e. The van der Waals surface area contributed by atoms with Crippen LogP contribution in [-0.4, -0.2) is 30.3 Å². The Labute approximate surface area is 131 Å². The van der Waals surface area contributed by atoms with Crippen LogP contribution in [0.25, 0.3) is 0 Å². The zero-order valence-electron chi connectivity index (χ0n) is 13.0. The number of rotatable bonds is 8. The number of carbonyl (C=O) groups excluding carboxylic acids is 1. The molecular weight excluding hydrogens is 283 g/mol. The maximum atomic E-state index is 13.7. The van der Waals surface area contributed by atoms with Gasteiger partial charge in [-0.25, -0.2) is 9.18 Å². The SMILES string of the molecule is CCCC(CCO)CNC(=O)NC1CC1c1ccccc1F. The molecule has 1 aromatic carbocycles. The summed E-state index contributed by atoms with van der Waals surface area (Å²) in [5.74, 6) is 0.182. The fourth-order valence-corrected chi connectivity index (χ4v) is 2.87. The predicted octanol–water partition coefficient (Wildman–Crippen LogP) is 2.78. The molecule has 1 aromatic rings. The Hall–Kier alpha value is -1.62. The van der Waals surface area contributed by atoms with E-state index in [4.69, 9.17) is 5.11 Å². The van der Waals surface area contributed by atoms with E-state index in [1.807, 2.05) is 6.07 Å². The van der Waals surface area contributed by atoms with Gasteiger partial charge in [0.15, 0.2) is 0 Å². The third-order valence-corrected chi connectivity index (χ3v) is 4.20. The molecule has 1 fully saturated rings. The fourth-order valence-electron chi connectivity index (χ4n) is 2.87. The van der Waals surface area contributed by atoms with Gasteiger partial charge in [0.2, 0.25) is 0 Å². The number of carbonyl (C=O) groups is 1. The first kappa shape index (κ1) is 16.7. The van der Waals surface area contributed by atoms with E-state index in [0.29, 0.717) is 24.4 Å². The molecule has 122 valence electrons. The van der Waals surface area contributed by atoms with Gasteiger partial charge in [0.25, 0.3) is 0 Å². The maximum absolute atomic E-state index is 13.7. The molecule has 0 radical (unpaired) electrons. The number of hydrogen-bond donors (Lipinski definition) is 3. The molecule has 22 heavy (non-hydrogen) atoms. The Bertz CT molecular complexity index is 489. The summed E-state index contributed by atoms with van der Waals surface area (Å²) < 4.78 is 13.7. The van der Waals surface area contributed by atoms with Crippen LogP contribution in [-0.2, 0) is 0 Å². The summed E-state index contributed by atoms with van der Waals surface area (Å²) in [7, 11) is 0. The Morgan fingerprint density at radius 2 is 2.18 bits per heavy atom. The number of halogens is 1. The van der Waals surface area contributed by atoms with Gasteiger partial charge in [0, 0.05) is 25.1 Å². The lowest BCUT2D eigenvalue weighted by atomic mass is 10.0. The van der Waals surface area contributed by atoms with Crippen LogP contribution in [0, 0.1) is 11.7 Å². The first-order chi connectivity index (χ1) is 10.7. The summed E-state index contributed by atoms with van der Waals surface area (Å²) in [4.78, 5) is 11.9. The standard InChI is InChI=1S/C17H25FN2O2/c1-2-5-12(8-9-21)11-19-17(22)20-16-10-14(16)13-6-3-4-7-15(13)18/h3-4,6-7,12,14,16,21H,2,5,8-11H2,1H3,(H2,19,20,22). The quantitative estimate of drug-likeness (QED) is 0.691. The van der Waals surface area contributed by atoms with E-state index in [2.05, 4.69) is 17.6 Å². The summed E-state index contributed by atoms with van der Waals surface area (Å²) in [6.07, 6.45) is 3.51. The Kier molecular flexibility index (Phi) is 6.19. The number of aliphatic hydroxyl groups is 1. The lowest BCUT2D eigenvalue weighted by Crippen LogP contribution is -2.40. The van der Waals surface area contributed by atoms with Gasteiger partial charge >= 0.3 is 6.03 Å². The average Bonchev–Trinajstić information content (AvgIpc) is 3.24. The van der Waals surface area contributed by atoms with Crippen LogP contribution in [0.5, 0.6) is 0 Å². The molecule has 0 heterocycles. The van der Waals surface area contributed by atoms with Crippen molar-refractivity contribution in [2.45, 2.75) is 44.6 Å². The summed E-state index contributed by atoms with van der Waals surface area (Å²) in [6, 6.07) is 6.53. The fraction of sp³-hybridized carbons (Fsp3) is 0.588. The summed E-state index contributed by atoms with van der Waals surface area (Å²) in [5.41, 5.74) is 0.678. The molecule has 1 aliphatic rings. The van der Waals surface area contributed by atoms with E-state index in [9.17, 15) is 9.18 Å². The second-order valence-corrected chi connectivity index (χ2v) is 5.99. The molecule has 1 aliphatic carbocycles. The highest BCUT2D eigenvalue weighted by atomic mass is 19.1. The van der Waals surface area contributed by atoms with Gasteiger partial charge in [-0.3, -0.25) is 0 Å². The highest BCUT2D eigenvalue weighted by Gasteiger charge is 2.40. The second kappa shape index (κ2) is 8.13. The minimum absolute atomic E-state index is 0.0133. The van der Waals surface area contributed by atoms with E-state index in [1.54, 1.807) is 12.1 Å². The molecule has 0 aliphatic heterocycles. The topological polar surface area (TPSA) is 61.4 Å². The number of benzene rings is 1. The first-order valence-corrected chi connectivity index (χ1v) is 8.05. The van der Waals surface area contributed by atoms with Crippen molar-refractivity contribution in [1.29, 1.82) is 0 Å². The van der Waals surface area contributed by atoms with Gasteiger partial charge in [0.1, 0.15) is 5.82 Å². The van der Waals surface area contributed by atoms with Crippen molar-refractivity contribution in [1.82, 2.24) is 10.6 Å². The zero-order chi connectivity index (χ0) is 15.9. The van der Waals surface area contributed by atoms with Gasteiger partial charge in [-0.1, -0.05) is 31.5 Å². The Morgan fingerprint density at radius 3 is 2.86 bits per heavy atom. The normalized spacial score (nSPS) is 21.2. The number of nitrogens with one attached hydrogen (secondary N) is 2. The lowest BCUT2D eigenvalue weighted by molar-refractivity contribution is 0.229. The maximum Gasteiger partial charge on any atom is 0.315 e. The monoisotopic (exact) mass is 308 g/mol. The summed E-state index contributed by atoms with van der Waals surface area (Å²) in [6.45, 7) is 2.80. The number of hydrogen-bond acceptors (Lipinski definition) is 2. The number of urea groups is 1. The molecule has 3 atom stereocenters. The molecule has 2 amide bonds. The average molecular weight is 308 g/mol. The minimum atomic E-state index is -0.206. The van der Waals surface area contributed by atoms with Crippen LogP contribution >= 0.6 is 0 Å². The minimum Gasteiger partial charge on any atom is -0.396 e. The van der Waals surface area contributed by atoms with Crippen molar-refractivity contribution in [3.63, 3.8) is 0 Å². The van der Waals surface area contributed by atoms with Gasteiger partial charge in [-0.2, -0.15) is 0 Å². The molecule has 0 spiro atoms. The van der Waals surface area contributed by atoms with Crippen LogP contribution in [0.1, 0.15) is 44.1 Å². The molecule has 0 aromatic heterocycles. The number of amides is 2. The Balaban J connectivity index is 1.74. The molecule has 2 rings (SSSR count). The summed E-state index contributed by atoms with van der Waals surface area (Å²) in [5, 5.41) is 14.8. The van der Waals surface area contributed by atoms with Gasteiger partial charge in [-0.15, -0.1) is 0 Å². The molecule has 3 N–H and O–H groups in total. The number of aliphatic hydroxyl groups excluding tert-OH is 1. The molecule has 1 saturated carbocycles. The Morgan fingerprint density at radius 1 is 1.41 bits per heavy atom. The molecule has 5 heteroatoms. The van der Waals surface area contributed by atoms with Crippen LogP contribution in [0.15, 0.2) is 24.3 Å². The van der Waals surface area contributed by atoms with E-state index in [1.165, 1.54) is 6.07 Å². The third-order valence-electron chi connectivity index (χ3n) is 4.20. The lowest BCUT2D eigenvalue weighted by Gasteiger charge is -2.16. The third kappa shape index (κ3) is 4.70. The van der Waals surface area contributed by atoms with Crippen molar-refractivity contribution in [2.75, 3.05) is 13.2 Å². The van der Waals surface area contributed by atoms with Crippen molar-refractivity contribution in [3.8, 4) is 0 Å². The van der Waals surface area contributed by atoms with E-state index in [0.717, 1.165) is 19.3 Å². The van der Waals surface area contributed by atoms with E-state index in [-0.39, 0.29) is 30.4 Å². The second-order valence-electron chi connectivity index (χ2n) is 5.99. The predicted molar refractivity (Wildman–Crippen MR) is 84.2 cm³/mol. The highest BCUT2D eigenvalue weighted by molar-refractivity contribution is 5.74. The van der Waals surface area contributed by atoms with Gasteiger partial charge < -0.3 is 15.7 Å². The van der Waals surface area contributed by atoms with Crippen LogP contribution in [0.4, 0.5) is 9.18 Å². The molecule has 0 saturated heterocycles.